The van der Waals surface area contributed by atoms with E-state index in [1.54, 1.807) is 0 Å². The number of aryl methyl sites for hydroxylation is 1. The molecule has 0 amide bonds. The smallest absolute Gasteiger partial charge is 0.173 e. The van der Waals surface area contributed by atoms with Crippen LogP contribution in [-0.4, -0.2) is 55.2 Å². The first-order valence-corrected chi connectivity index (χ1v) is 13.2. The van der Waals surface area contributed by atoms with Gasteiger partial charge in [0.25, 0.3) is 0 Å². The maximum Gasteiger partial charge on any atom is 0.173 e. The Morgan fingerprint density at radius 2 is 1.97 bits per heavy atom. The summed E-state index contributed by atoms with van der Waals surface area (Å²) in [5, 5.41) is 18.7. The van der Waals surface area contributed by atoms with Crippen molar-refractivity contribution in [3.8, 4) is 6.07 Å². The van der Waals surface area contributed by atoms with E-state index < -0.39 is 0 Å². The minimum absolute atomic E-state index is 0.747. The van der Waals surface area contributed by atoms with E-state index in [-0.39, 0.29) is 0 Å². The van der Waals surface area contributed by atoms with Crippen LogP contribution in [0.4, 0.5) is 5.69 Å². The van der Waals surface area contributed by atoms with Crippen LogP contribution in [0.15, 0.2) is 27.8 Å². The van der Waals surface area contributed by atoms with Crippen molar-refractivity contribution in [2.75, 3.05) is 45.6 Å². The summed E-state index contributed by atoms with van der Waals surface area (Å²) < 4.78 is 5.94. The first-order valence-electron chi connectivity index (χ1n) is 13.2. The van der Waals surface area contributed by atoms with Gasteiger partial charge in [-0.15, -0.1) is 0 Å². The van der Waals surface area contributed by atoms with Gasteiger partial charge in [-0.25, -0.2) is 0 Å². The maximum atomic E-state index is 9.32. The van der Waals surface area contributed by atoms with Gasteiger partial charge < -0.3 is 14.7 Å². The number of benzene rings is 1. The summed E-state index contributed by atoms with van der Waals surface area (Å²) in [7, 11) is 4.22. The number of anilines is 1. The molecule has 1 aromatic heterocycles. The number of nitriles is 1. The summed E-state index contributed by atoms with van der Waals surface area (Å²) in [6, 6.07) is 6.87. The van der Waals surface area contributed by atoms with Crippen molar-refractivity contribution in [2.45, 2.75) is 64.3 Å². The first kappa shape index (κ1) is 23.4. The lowest BCUT2D eigenvalue weighted by molar-refractivity contribution is 0.190. The Labute approximate surface area is 203 Å². The van der Waals surface area contributed by atoms with Gasteiger partial charge in [0.2, 0.25) is 0 Å². The lowest BCUT2D eigenvalue weighted by Gasteiger charge is -2.32. The third kappa shape index (κ3) is 5.47. The predicted molar refractivity (Wildman–Crippen MR) is 137 cm³/mol. The highest BCUT2D eigenvalue weighted by Gasteiger charge is 2.25. The summed E-state index contributed by atoms with van der Waals surface area (Å²) in [6.45, 7) is 5.21. The molecule has 0 atom stereocenters. The highest BCUT2D eigenvalue weighted by Crippen LogP contribution is 2.34. The van der Waals surface area contributed by atoms with Crippen LogP contribution >= 0.6 is 0 Å². The Morgan fingerprint density at radius 1 is 1.15 bits per heavy atom. The van der Waals surface area contributed by atoms with E-state index in [0.717, 1.165) is 87.1 Å². The Morgan fingerprint density at radius 3 is 2.71 bits per heavy atom. The lowest BCUT2D eigenvalue weighted by atomic mass is 9.90. The summed E-state index contributed by atoms with van der Waals surface area (Å²) in [5.74, 6) is 1.58. The summed E-state index contributed by atoms with van der Waals surface area (Å²) >= 11 is 0. The second-order valence-corrected chi connectivity index (χ2v) is 11.0. The molecular weight excluding hydrogens is 422 g/mol. The highest BCUT2D eigenvalue weighted by atomic mass is 16.5. The zero-order valence-corrected chi connectivity index (χ0v) is 20.9. The quantitative estimate of drug-likeness (QED) is 0.514. The zero-order valence-electron chi connectivity index (χ0n) is 20.9. The van der Waals surface area contributed by atoms with Crippen LogP contribution in [0.3, 0.4) is 0 Å². The van der Waals surface area contributed by atoms with E-state index in [1.807, 2.05) is 0 Å². The number of aromatic nitrogens is 1. The summed E-state index contributed by atoms with van der Waals surface area (Å²) in [6.07, 6.45) is 10.6. The van der Waals surface area contributed by atoms with Gasteiger partial charge in [0.05, 0.1) is 11.8 Å². The summed E-state index contributed by atoms with van der Waals surface area (Å²) in [5.41, 5.74) is 6.95. The van der Waals surface area contributed by atoms with Gasteiger partial charge in [0.1, 0.15) is 0 Å². The molecule has 182 valence electrons. The van der Waals surface area contributed by atoms with Gasteiger partial charge in [-0.05, 0) is 115 Å². The molecule has 6 nitrogen and oxygen atoms in total. The lowest BCUT2D eigenvalue weighted by Crippen LogP contribution is -2.35. The van der Waals surface area contributed by atoms with E-state index in [4.69, 9.17) is 4.52 Å². The van der Waals surface area contributed by atoms with Crippen LogP contribution in [0.2, 0.25) is 0 Å². The molecule has 0 unspecified atom stereocenters. The van der Waals surface area contributed by atoms with Crippen molar-refractivity contribution in [3.63, 3.8) is 0 Å². The maximum absolute atomic E-state index is 9.32. The van der Waals surface area contributed by atoms with Crippen molar-refractivity contribution in [3.05, 3.63) is 34.5 Å². The number of likely N-dealkylation sites (tertiary alicyclic amines) is 1. The Hall–Kier alpha value is -2.36. The fourth-order valence-corrected chi connectivity index (χ4v) is 5.66. The van der Waals surface area contributed by atoms with E-state index in [2.05, 4.69) is 52.6 Å². The molecule has 1 saturated heterocycles. The molecule has 2 fully saturated rings. The molecule has 5 rings (SSSR count). The molecule has 3 aliphatic rings. The van der Waals surface area contributed by atoms with Gasteiger partial charge in [-0.2, -0.15) is 5.26 Å². The SMILES string of the molecule is CN(C)Cc1c(NCC2CC2)ccc2c(CCC3CCN(CC4=C(C#N)CCC4)CC3)noc12. The molecule has 0 spiro atoms. The average molecular weight is 462 g/mol. The third-order valence-electron chi connectivity index (χ3n) is 7.95. The van der Waals surface area contributed by atoms with Gasteiger partial charge in [0.15, 0.2) is 5.58 Å². The Bertz CT molecular complexity index is 1070. The molecule has 1 saturated carbocycles. The van der Waals surface area contributed by atoms with Crippen LogP contribution in [0.25, 0.3) is 11.0 Å². The van der Waals surface area contributed by atoms with Crippen molar-refractivity contribution in [2.24, 2.45) is 11.8 Å². The van der Waals surface area contributed by atoms with E-state index in [0.29, 0.717) is 0 Å². The first-order chi connectivity index (χ1) is 16.6. The van der Waals surface area contributed by atoms with E-state index in [1.165, 1.54) is 54.3 Å². The second kappa shape index (κ2) is 10.5. The molecular formula is C28H39N5O. The Balaban J connectivity index is 1.19. The van der Waals surface area contributed by atoms with E-state index in [9.17, 15) is 5.26 Å². The normalized spacial score (nSPS) is 19.9. The number of hydrogen-bond donors (Lipinski definition) is 1. The molecule has 6 heteroatoms. The third-order valence-corrected chi connectivity index (χ3v) is 7.95. The number of rotatable bonds is 10. The predicted octanol–water partition coefficient (Wildman–Crippen LogP) is 5.36. The van der Waals surface area contributed by atoms with Crippen LogP contribution in [0.5, 0.6) is 0 Å². The fraction of sp³-hybridized carbons (Fsp3) is 0.643. The minimum Gasteiger partial charge on any atom is -0.384 e. The molecule has 1 aliphatic heterocycles. The van der Waals surface area contributed by atoms with Gasteiger partial charge in [-0.1, -0.05) is 5.16 Å². The van der Waals surface area contributed by atoms with Crippen LogP contribution < -0.4 is 5.32 Å². The topological polar surface area (TPSA) is 68.3 Å². The number of allylic oxidation sites excluding steroid dienone is 1. The van der Waals surface area contributed by atoms with E-state index >= 15 is 0 Å². The van der Waals surface area contributed by atoms with Crippen LogP contribution in [-0.2, 0) is 13.0 Å². The van der Waals surface area contributed by atoms with Gasteiger partial charge in [-0.3, -0.25) is 4.90 Å². The molecule has 1 aromatic carbocycles. The molecule has 0 bridgehead atoms. The van der Waals surface area contributed by atoms with Gasteiger partial charge >= 0.3 is 0 Å². The number of hydrogen-bond acceptors (Lipinski definition) is 6. The van der Waals surface area contributed by atoms with Crippen LogP contribution in [0, 0.1) is 23.2 Å². The van der Waals surface area contributed by atoms with Crippen molar-refractivity contribution < 1.29 is 4.52 Å². The van der Waals surface area contributed by atoms with Crippen LogP contribution in [0.1, 0.15) is 62.6 Å². The average Bonchev–Trinajstić information content (AvgIpc) is 3.40. The second-order valence-electron chi connectivity index (χ2n) is 11.0. The van der Waals surface area contributed by atoms with Gasteiger partial charge in [0, 0.05) is 41.8 Å². The molecule has 2 aromatic rings. The number of piperidine rings is 1. The monoisotopic (exact) mass is 461 g/mol. The largest absolute Gasteiger partial charge is 0.384 e. The van der Waals surface area contributed by atoms with Crippen molar-refractivity contribution >= 4 is 16.7 Å². The standard InChI is InChI=1S/C28H39N5O/c1-32(2)19-25-26(30-17-21-6-7-21)11-9-24-27(31-34-28(24)25)10-8-20-12-14-33(15-13-20)18-23-5-3-4-22(23)16-29/h9,11,20-21,30H,3-8,10,12-15,17-19H2,1-2H3. The highest BCUT2D eigenvalue weighted by molar-refractivity contribution is 5.87. The molecule has 2 heterocycles. The molecule has 0 radical (unpaired) electrons. The number of nitrogens with zero attached hydrogens (tertiary/aromatic N) is 4. The molecule has 2 aliphatic carbocycles. The number of fused-ring (bicyclic) bond motifs is 1. The molecule has 1 N–H and O–H groups in total. The number of nitrogens with one attached hydrogen (secondary N) is 1. The zero-order chi connectivity index (χ0) is 23.5. The fourth-order valence-electron chi connectivity index (χ4n) is 5.66. The van der Waals surface area contributed by atoms with Crippen molar-refractivity contribution in [1.29, 1.82) is 5.26 Å². The molecule has 34 heavy (non-hydrogen) atoms. The Kier molecular flexibility index (Phi) is 7.22. The van der Waals surface area contributed by atoms with Crippen molar-refractivity contribution in [1.82, 2.24) is 15.0 Å². The minimum atomic E-state index is 0.747. The summed E-state index contributed by atoms with van der Waals surface area (Å²) in [4.78, 5) is 4.76.